The van der Waals surface area contributed by atoms with Crippen molar-refractivity contribution in [3.63, 3.8) is 0 Å². The number of rotatable bonds is 11. The number of hydrogen-bond acceptors (Lipinski definition) is 3. The van der Waals surface area contributed by atoms with E-state index in [1.165, 1.54) is 16.7 Å². The zero-order chi connectivity index (χ0) is 23.8. The molecule has 2 aliphatic carbocycles. The van der Waals surface area contributed by atoms with Gasteiger partial charge in [-0.05, 0) is 87.0 Å². The number of fused-ring (bicyclic) bond motifs is 1. The molecule has 4 rings (SSSR count). The van der Waals surface area contributed by atoms with Gasteiger partial charge in [0.25, 0.3) is 0 Å². The molecule has 2 aromatic rings. The zero-order valence-electron chi connectivity index (χ0n) is 20.3. The fourth-order valence-electron chi connectivity index (χ4n) is 5.59. The lowest BCUT2D eigenvalue weighted by atomic mass is 9.88. The van der Waals surface area contributed by atoms with Gasteiger partial charge < -0.3 is 10.4 Å². The number of benzene rings is 1. The summed E-state index contributed by atoms with van der Waals surface area (Å²) < 4.78 is 0. The summed E-state index contributed by atoms with van der Waals surface area (Å²) in [6.07, 6.45) is 18.0. The first-order valence-corrected chi connectivity index (χ1v) is 12.8. The van der Waals surface area contributed by atoms with Crippen molar-refractivity contribution in [2.24, 2.45) is 17.8 Å². The first-order valence-electron chi connectivity index (χ1n) is 12.8. The third-order valence-corrected chi connectivity index (χ3v) is 7.38. The summed E-state index contributed by atoms with van der Waals surface area (Å²) in [6.45, 7) is 2.70. The number of aromatic nitrogens is 1. The van der Waals surface area contributed by atoms with Crippen molar-refractivity contribution in [2.75, 3.05) is 0 Å². The molecule has 1 aromatic carbocycles. The van der Waals surface area contributed by atoms with Crippen LogP contribution in [-0.4, -0.2) is 22.1 Å². The topological polar surface area (TPSA) is 62.2 Å². The highest BCUT2D eigenvalue weighted by atomic mass is 16.3. The van der Waals surface area contributed by atoms with E-state index in [1.54, 1.807) is 12.4 Å². The Bertz CT molecular complexity index is 998. The van der Waals surface area contributed by atoms with Gasteiger partial charge >= 0.3 is 0 Å². The van der Waals surface area contributed by atoms with Gasteiger partial charge in [-0.3, -0.25) is 9.78 Å². The molecular weight excluding hydrogens is 420 g/mol. The quantitative estimate of drug-likeness (QED) is 0.335. The Morgan fingerprint density at radius 2 is 2.00 bits per heavy atom. The molecule has 4 atom stereocenters. The van der Waals surface area contributed by atoms with E-state index in [2.05, 4.69) is 59.7 Å². The number of aliphatic hydroxyl groups is 1. The Labute approximate surface area is 204 Å². The Balaban J connectivity index is 1.14. The standard InChI is InChI=1S/C30H38N2O2/c1-22-7-6-10-23(17-22)8-2-4-11-27-28-19-25(18-26(28)20-29(27)33)9-3-5-12-30(34)32-21-24-13-15-31-16-14-24/h4,6-7,10-11,13-18,26-29,33H,2-3,5,8-9,12,19-21H2,1H3,(H,32,34)/t26-,27+,28-,29+/m0/s1. The molecule has 180 valence electrons. The Morgan fingerprint density at radius 3 is 2.82 bits per heavy atom. The van der Waals surface area contributed by atoms with E-state index >= 15 is 0 Å². The number of hydrogen-bond donors (Lipinski definition) is 2. The average molecular weight is 459 g/mol. The molecule has 2 N–H and O–H groups in total. The summed E-state index contributed by atoms with van der Waals surface area (Å²) in [5, 5.41) is 13.6. The molecule has 0 saturated heterocycles. The predicted octanol–water partition coefficient (Wildman–Crippen LogP) is 5.70. The molecule has 0 radical (unpaired) electrons. The normalized spacial score (nSPS) is 23.8. The molecule has 1 heterocycles. The Hall–Kier alpha value is -2.72. The number of nitrogens with one attached hydrogen (secondary N) is 1. The number of carbonyl (C=O) groups is 1. The highest BCUT2D eigenvalue weighted by Gasteiger charge is 2.43. The van der Waals surface area contributed by atoms with Gasteiger partial charge in [-0.2, -0.15) is 0 Å². The molecule has 0 bridgehead atoms. The molecule has 34 heavy (non-hydrogen) atoms. The maximum absolute atomic E-state index is 12.1. The molecule has 1 fully saturated rings. The number of aryl methyl sites for hydroxylation is 2. The number of aliphatic hydroxyl groups excluding tert-OH is 1. The van der Waals surface area contributed by atoms with Gasteiger partial charge in [0.15, 0.2) is 0 Å². The lowest BCUT2D eigenvalue weighted by Crippen LogP contribution is -2.22. The molecule has 0 aliphatic heterocycles. The molecule has 0 spiro atoms. The van der Waals surface area contributed by atoms with Gasteiger partial charge in [0, 0.05) is 31.3 Å². The molecule has 4 heteroatoms. The number of allylic oxidation sites excluding steroid dienone is 3. The Morgan fingerprint density at radius 1 is 1.15 bits per heavy atom. The van der Waals surface area contributed by atoms with Crippen LogP contribution >= 0.6 is 0 Å². The fraction of sp³-hybridized carbons (Fsp3) is 0.467. The first-order chi connectivity index (χ1) is 16.6. The van der Waals surface area contributed by atoms with Gasteiger partial charge in [0.2, 0.25) is 5.91 Å². The third-order valence-electron chi connectivity index (χ3n) is 7.38. The maximum Gasteiger partial charge on any atom is 0.220 e. The van der Waals surface area contributed by atoms with Crippen LogP contribution in [0.15, 0.2) is 72.6 Å². The minimum absolute atomic E-state index is 0.119. The summed E-state index contributed by atoms with van der Waals surface area (Å²) in [6, 6.07) is 12.6. The summed E-state index contributed by atoms with van der Waals surface area (Å²) in [5.74, 6) is 1.45. The smallest absolute Gasteiger partial charge is 0.220 e. The van der Waals surface area contributed by atoms with Crippen LogP contribution in [0.2, 0.25) is 0 Å². The highest BCUT2D eigenvalue weighted by molar-refractivity contribution is 5.75. The monoisotopic (exact) mass is 458 g/mol. The Kier molecular flexibility index (Phi) is 8.70. The van der Waals surface area contributed by atoms with Crippen LogP contribution in [0.1, 0.15) is 61.6 Å². The predicted molar refractivity (Wildman–Crippen MR) is 137 cm³/mol. The molecule has 0 unspecified atom stereocenters. The van der Waals surface area contributed by atoms with Crippen molar-refractivity contribution in [3.05, 3.63) is 89.3 Å². The van der Waals surface area contributed by atoms with Gasteiger partial charge in [0.05, 0.1) is 6.10 Å². The van der Waals surface area contributed by atoms with Crippen molar-refractivity contribution in [1.29, 1.82) is 0 Å². The maximum atomic E-state index is 12.1. The van der Waals surface area contributed by atoms with Gasteiger partial charge in [-0.1, -0.05) is 53.6 Å². The molecular formula is C30H38N2O2. The number of carbonyl (C=O) groups excluding carboxylic acids is 1. The molecule has 2 aliphatic rings. The minimum Gasteiger partial charge on any atom is -0.392 e. The van der Waals surface area contributed by atoms with Crippen molar-refractivity contribution >= 4 is 5.91 Å². The van der Waals surface area contributed by atoms with Crippen LogP contribution in [0.25, 0.3) is 0 Å². The minimum atomic E-state index is -0.216. The SMILES string of the molecule is Cc1cccc(CCC=C[C@@H]2[C@H]3CC(CCCCC(=O)NCc4ccncc4)=C[C@H]3C[C@H]2O)c1. The van der Waals surface area contributed by atoms with Crippen LogP contribution < -0.4 is 5.32 Å². The van der Waals surface area contributed by atoms with E-state index in [0.717, 1.165) is 50.5 Å². The fourth-order valence-corrected chi connectivity index (χ4v) is 5.59. The lowest BCUT2D eigenvalue weighted by Gasteiger charge is -2.18. The molecule has 1 amide bonds. The zero-order valence-corrected chi connectivity index (χ0v) is 20.3. The van der Waals surface area contributed by atoms with Crippen LogP contribution in [0, 0.1) is 24.7 Å². The van der Waals surface area contributed by atoms with E-state index in [4.69, 9.17) is 0 Å². The molecule has 1 aromatic heterocycles. The second-order valence-electron chi connectivity index (χ2n) is 10.0. The van der Waals surface area contributed by atoms with Gasteiger partial charge in [-0.25, -0.2) is 0 Å². The second-order valence-corrected chi connectivity index (χ2v) is 10.0. The van der Waals surface area contributed by atoms with E-state index < -0.39 is 0 Å². The summed E-state index contributed by atoms with van der Waals surface area (Å²) in [5.41, 5.74) is 5.29. The van der Waals surface area contributed by atoms with Crippen molar-refractivity contribution in [3.8, 4) is 0 Å². The van der Waals surface area contributed by atoms with Crippen molar-refractivity contribution < 1.29 is 9.90 Å². The first kappa shape index (κ1) is 24.4. The van der Waals surface area contributed by atoms with Gasteiger partial charge in [-0.15, -0.1) is 0 Å². The van der Waals surface area contributed by atoms with Crippen LogP contribution in [-0.2, 0) is 17.8 Å². The number of pyridine rings is 1. The summed E-state index contributed by atoms with van der Waals surface area (Å²) >= 11 is 0. The lowest BCUT2D eigenvalue weighted by molar-refractivity contribution is -0.121. The van der Waals surface area contributed by atoms with E-state index in [1.807, 2.05) is 12.1 Å². The van der Waals surface area contributed by atoms with Crippen molar-refractivity contribution in [1.82, 2.24) is 10.3 Å². The second kappa shape index (κ2) is 12.1. The van der Waals surface area contributed by atoms with Crippen LogP contribution in [0.5, 0.6) is 0 Å². The van der Waals surface area contributed by atoms with E-state index in [0.29, 0.717) is 24.8 Å². The number of unbranched alkanes of at least 4 members (excludes halogenated alkanes) is 1. The van der Waals surface area contributed by atoms with E-state index in [9.17, 15) is 9.90 Å². The summed E-state index contributed by atoms with van der Waals surface area (Å²) in [7, 11) is 0. The summed E-state index contributed by atoms with van der Waals surface area (Å²) in [4.78, 5) is 16.1. The number of amides is 1. The van der Waals surface area contributed by atoms with Crippen molar-refractivity contribution in [2.45, 2.75) is 70.9 Å². The average Bonchev–Trinajstić information content (AvgIpc) is 3.35. The van der Waals surface area contributed by atoms with E-state index in [-0.39, 0.29) is 17.9 Å². The van der Waals surface area contributed by atoms with Crippen LogP contribution in [0.3, 0.4) is 0 Å². The largest absolute Gasteiger partial charge is 0.392 e. The highest BCUT2D eigenvalue weighted by Crippen LogP contribution is 2.48. The number of nitrogens with zero attached hydrogens (tertiary/aromatic N) is 1. The van der Waals surface area contributed by atoms with Crippen LogP contribution in [0.4, 0.5) is 0 Å². The van der Waals surface area contributed by atoms with Gasteiger partial charge in [0.1, 0.15) is 0 Å². The molecule has 4 nitrogen and oxygen atoms in total. The molecule has 1 saturated carbocycles. The third kappa shape index (κ3) is 6.89.